The average Bonchev–Trinajstić information content (AvgIpc) is 3.25. The number of carbonyl (C=O) groups excluding carboxylic acids is 1. The van der Waals surface area contributed by atoms with Crippen LogP contribution in [-0.4, -0.2) is 132 Å². The zero-order valence-electron chi connectivity index (χ0n) is 34.9. The number of aromatic carboxylic acids is 1. The highest BCUT2D eigenvalue weighted by Gasteiger charge is 2.50. The van der Waals surface area contributed by atoms with E-state index in [0.717, 1.165) is 72.7 Å². The Balaban J connectivity index is 0.873. The third-order valence-electron chi connectivity index (χ3n) is 11.6. The van der Waals surface area contributed by atoms with Gasteiger partial charge in [-0.3, -0.25) is 9.59 Å². The molecule has 2 saturated heterocycles. The first-order valence-electron chi connectivity index (χ1n) is 21.3. The Morgan fingerprint density at radius 1 is 0.698 bits per heavy atom. The molecule has 3 heterocycles. The van der Waals surface area contributed by atoms with E-state index >= 15 is 0 Å². The normalized spacial score (nSPS) is 26.2. The summed E-state index contributed by atoms with van der Waals surface area (Å²) < 4.78 is 27.5. The molecule has 63 heavy (non-hydrogen) atoms. The Bertz CT molecular complexity index is 2220. The smallest absolute Gasteiger partial charge is 0.336 e. The van der Waals surface area contributed by atoms with Crippen LogP contribution in [0.15, 0.2) is 63.8 Å². The summed E-state index contributed by atoms with van der Waals surface area (Å²) in [4.78, 5) is 38.1. The number of benzene rings is 3. The highest BCUT2D eigenvalue weighted by molar-refractivity contribution is 7.80. The van der Waals surface area contributed by atoms with E-state index in [1.807, 2.05) is 37.3 Å². The molecule has 2 fully saturated rings. The van der Waals surface area contributed by atoms with E-state index in [-0.39, 0.29) is 17.4 Å². The summed E-state index contributed by atoms with van der Waals surface area (Å²) in [7, 11) is 0. The van der Waals surface area contributed by atoms with E-state index < -0.39 is 86.6 Å². The van der Waals surface area contributed by atoms with Crippen molar-refractivity contribution >= 4 is 40.0 Å². The number of aliphatic hydroxyl groups is 7. The molecule has 1 aliphatic carbocycles. The van der Waals surface area contributed by atoms with Crippen LogP contribution in [0.5, 0.6) is 0 Å². The van der Waals surface area contributed by atoms with E-state index in [0.29, 0.717) is 40.9 Å². The molecule has 16 nitrogen and oxygen atoms in total. The van der Waals surface area contributed by atoms with Crippen molar-refractivity contribution in [3.8, 4) is 22.5 Å². The molecule has 4 aliphatic rings. The van der Waals surface area contributed by atoms with Gasteiger partial charge < -0.3 is 64.2 Å². The van der Waals surface area contributed by atoms with Crippen molar-refractivity contribution in [3.63, 3.8) is 0 Å². The first kappa shape index (κ1) is 48.2. The molecular formula is C46H56O16S. The van der Waals surface area contributed by atoms with Crippen LogP contribution in [0.3, 0.4) is 0 Å². The van der Waals surface area contributed by atoms with Gasteiger partial charge in [0, 0.05) is 35.4 Å². The van der Waals surface area contributed by atoms with Gasteiger partial charge in [0.05, 0.1) is 12.2 Å². The second-order valence-corrected chi connectivity index (χ2v) is 17.0. The highest BCUT2D eigenvalue weighted by atomic mass is 32.1. The summed E-state index contributed by atoms with van der Waals surface area (Å²) in [6.07, 6.45) is -7.85. The number of hydrogen-bond acceptors (Lipinski definition) is 16. The SMILES string of the molecule is Cc1ccc2c(-c3ccc(CC(=S)CCCCCCCCCCC(=O)OCC4O[C@H](O[C@H]5OC(CO)[C@@H](O)C(O)[C@H]5O)C(O)[C@@H](O)[C@@H]4O)cc3C(=O)O)c3ccc(=O)cc-3oc2c1. The fourth-order valence-corrected chi connectivity index (χ4v) is 8.37. The number of thiocarbonyl (C=S) groups is 1. The van der Waals surface area contributed by atoms with Gasteiger partial charge in [-0.15, -0.1) is 0 Å². The van der Waals surface area contributed by atoms with E-state index in [1.165, 1.54) is 12.1 Å². The summed E-state index contributed by atoms with van der Waals surface area (Å²) in [5, 5.41) is 81.9. The molecule has 3 aliphatic heterocycles. The van der Waals surface area contributed by atoms with Crippen LogP contribution in [-0.2, 0) is 30.2 Å². The predicted octanol–water partition coefficient (Wildman–Crippen LogP) is 3.55. The first-order chi connectivity index (χ1) is 30.2. The minimum Gasteiger partial charge on any atom is -0.478 e. The number of fused-ring (bicyclic) bond motifs is 2. The van der Waals surface area contributed by atoms with Crippen LogP contribution in [0.2, 0.25) is 0 Å². The van der Waals surface area contributed by atoms with Crippen molar-refractivity contribution in [1.82, 2.24) is 0 Å². The molecule has 0 aromatic heterocycles. The third kappa shape index (κ3) is 11.9. The summed E-state index contributed by atoms with van der Waals surface area (Å²) in [5.41, 5.74) is 4.14. The molecule has 0 bridgehead atoms. The number of aliphatic hydroxyl groups excluding tert-OH is 7. The Labute approximate surface area is 369 Å². The van der Waals surface area contributed by atoms with Gasteiger partial charge in [0.15, 0.2) is 18.0 Å². The first-order valence-corrected chi connectivity index (χ1v) is 21.7. The van der Waals surface area contributed by atoms with Crippen molar-refractivity contribution in [2.45, 2.75) is 139 Å². The number of hydrogen-bond donors (Lipinski definition) is 8. The summed E-state index contributed by atoms with van der Waals surface area (Å²) >= 11 is 5.71. The summed E-state index contributed by atoms with van der Waals surface area (Å²) in [5.74, 6) is -1.23. The molecule has 342 valence electrons. The quantitative estimate of drug-likeness (QED) is 0.0273. The fraction of sp³-hybridized carbons (Fsp3) is 0.522. The van der Waals surface area contributed by atoms with Crippen LogP contribution in [0.4, 0.5) is 0 Å². The molecule has 0 spiro atoms. The van der Waals surface area contributed by atoms with Gasteiger partial charge in [-0.2, -0.15) is 0 Å². The van der Waals surface area contributed by atoms with Gasteiger partial charge in [-0.05, 0) is 72.0 Å². The molecule has 4 unspecified atom stereocenters. The van der Waals surface area contributed by atoms with Crippen LogP contribution < -0.4 is 5.43 Å². The molecule has 6 rings (SSSR count). The van der Waals surface area contributed by atoms with Crippen LogP contribution in [0.25, 0.3) is 33.4 Å². The predicted molar refractivity (Wildman–Crippen MR) is 231 cm³/mol. The molecule has 0 amide bonds. The minimum absolute atomic E-state index is 0.117. The monoisotopic (exact) mass is 896 g/mol. The number of esters is 1. The molecule has 0 saturated carbocycles. The standard InChI is InChI=1S/C46H56O16S/c1-24-12-15-29-32(18-24)59-33-21-26(48)14-17-30(33)37(29)28-16-13-25(20-31(28)44(56)57)19-27(63)10-8-6-4-2-3-5-7-9-11-36(49)58-23-35-39(51)41(53)43(55)46(61-35)62-45-42(54)40(52)38(50)34(22-47)60-45/h12-18,20-21,34-35,38-43,45-47,50-55H,2-11,19,22-23H2,1H3,(H,56,57)/t34?,35?,38-,39-,40?,41+,42-,43?,45-,46-/m1/s1. The lowest BCUT2D eigenvalue weighted by Crippen LogP contribution is -2.63. The van der Waals surface area contributed by atoms with Gasteiger partial charge in [-0.25, -0.2) is 4.79 Å². The lowest BCUT2D eigenvalue weighted by atomic mass is 9.89. The van der Waals surface area contributed by atoms with E-state index in [4.69, 9.17) is 35.6 Å². The van der Waals surface area contributed by atoms with Gasteiger partial charge in [0.1, 0.15) is 66.8 Å². The van der Waals surface area contributed by atoms with E-state index in [1.54, 1.807) is 12.1 Å². The second kappa shape index (κ2) is 22.1. The maximum Gasteiger partial charge on any atom is 0.336 e. The second-order valence-electron chi connectivity index (χ2n) is 16.4. The number of rotatable bonds is 20. The van der Waals surface area contributed by atoms with E-state index in [2.05, 4.69) is 0 Å². The van der Waals surface area contributed by atoms with Gasteiger partial charge in [0.2, 0.25) is 0 Å². The van der Waals surface area contributed by atoms with Gasteiger partial charge in [-0.1, -0.05) is 75.0 Å². The summed E-state index contributed by atoms with van der Waals surface area (Å²) in [6.45, 7) is 0.751. The molecular weight excluding hydrogens is 841 g/mol. The average molecular weight is 897 g/mol. The maximum absolute atomic E-state index is 12.6. The topological polar surface area (TPSA) is 263 Å². The van der Waals surface area contributed by atoms with Crippen molar-refractivity contribution in [3.05, 3.63) is 81.5 Å². The number of unbranched alkanes of at least 4 members (excludes halogenated alkanes) is 7. The van der Waals surface area contributed by atoms with Crippen molar-refractivity contribution in [1.29, 1.82) is 0 Å². The zero-order chi connectivity index (χ0) is 45.4. The largest absolute Gasteiger partial charge is 0.478 e. The Hall–Kier alpha value is -4.24. The highest BCUT2D eigenvalue weighted by Crippen LogP contribution is 2.41. The number of carboxylic acids is 1. The lowest BCUT2D eigenvalue weighted by molar-refractivity contribution is -0.376. The Morgan fingerprint density at radius 2 is 1.30 bits per heavy atom. The zero-order valence-corrected chi connectivity index (χ0v) is 35.7. The molecule has 0 radical (unpaired) electrons. The molecule has 2 aromatic rings. The van der Waals surface area contributed by atoms with Crippen molar-refractivity contribution in [2.75, 3.05) is 13.2 Å². The molecule has 8 N–H and O–H groups in total. The van der Waals surface area contributed by atoms with Crippen LogP contribution in [0.1, 0.15) is 85.7 Å². The van der Waals surface area contributed by atoms with Crippen molar-refractivity contribution in [2.24, 2.45) is 0 Å². The number of carboxylic acid groups (broad SMARTS) is 1. The number of carbonyl (C=O) groups is 2. The number of aryl methyl sites for hydroxylation is 1. The molecule has 17 heteroatoms. The fourth-order valence-electron chi connectivity index (χ4n) is 8.06. The minimum atomic E-state index is -1.81. The van der Waals surface area contributed by atoms with Gasteiger partial charge in [0.25, 0.3) is 0 Å². The molecule has 10 atom stereocenters. The maximum atomic E-state index is 12.6. The molecule has 2 aromatic carbocycles. The third-order valence-corrected chi connectivity index (χ3v) is 12.0. The van der Waals surface area contributed by atoms with Crippen molar-refractivity contribution < 1.29 is 73.8 Å². The Kier molecular flexibility index (Phi) is 16.9. The van der Waals surface area contributed by atoms with E-state index in [9.17, 15) is 55.2 Å². The van der Waals surface area contributed by atoms with Crippen LogP contribution >= 0.6 is 12.2 Å². The number of ether oxygens (including phenoxy) is 4. The van der Waals surface area contributed by atoms with Crippen LogP contribution in [0, 0.1) is 6.92 Å². The Morgan fingerprint density at radius 3 is 1.95 bits per heavy atom. The summed E-state index contributed by atoms with van der Waals surface area (Å²) in [6, 6.07) is 15.6. The lowest BCUT2D eigenvalue weighted by Gasteiger charge is -2.44. The van der Waals surface area contributed by atoms with Gasteiger partial charge >= 0.3 is 11.9 Å².